The molecule has 1 saturated heterocycles. The second kappa shape index (κ2) is 8.84. The molecule has 4 rings (SSSR count). The van der Waals surface area contributed by atoms with Crippen molar-refractivity contribution < 1.29 is 4.79 Å². The maximum absolute atomic E-state index is 13.1. The van der Waals surface area contributed by atoms with E-state index in [0.29, 0.717) is 27.0 Å². The fraction of sp³-hybridized carbons (Fsp3) is 0.429. The largest absolute Gasteiger partial charge is 0.348 e. The summed E-state index contributed by atoms with van der Waals surface area (Å²) in [5.74, 6) is -0.411. The lowest BCUT2D eigenvalue weighted by Gasteiger charge is -2.12. The number of thiazole rings is 1. The maximum atomic E-state index is 13.1. The number of aryl methyl sites for hydroxylation is 1. The van der Waals surface area contributed by atoms with E-state index in [-0.39, 0.29) is 24.3 Å². The van der Waals surface area contributed by atoms with Crippen molar-refractivity contribution in [2.24, 2.45) is 0 Å². The number of hydrogen-bond donors (Lipinski definition) is 1. The van der Waals surface area contributed by atoms with Crippen molar-refractivity contribution in [1.82, 2.24) is 14.1 Å². The summed E-state index contributed by atoms with van der Waals surface area (Å²) < 4.78 is 2.89. The van der Waals surface area contributed by atoms with E-state index >= 15 is 0 Å². The summed E-state index contributed by atoms with van der Waals surface area (Å²) in [6.07, 6.45) is 2.77. The third-order valence-electron chi connectivity index (χ3n) is 5.28. The van der Waals surface area contributed by atoms with Gasteiger partial charge in [0.1, 0.15) is 11.2 Å². The topological polar surface area (TPSA) is 89.2 Å². The van der Waals surface area contributed by atoms with Crippen LogP contribution in [-0.4, -0.2) is 33.1 Å². The predicted molar refractivity (Wildman–Crippen MR) is 125 cm³/mol. The highest BCUT2D eigenvalue weighted by molar-refractivity contribution is 7.22. The first kappa shape index (κ1) is 21.6. The predicted octanol–water partition coefficient (Wildman–Crippen LogP) is 3.23. The fourth-order valence-corrected chi connectivity index (χ4v) is 5.08. The van der Waals surface area contributed by atoms with E-state index in [0.717, 1.165) is 31.5 Å². The zero-order chi connectivity index (χ0) is 22.1. The molecule has 0 radical (unpaired) electrons. The van der Waals surface area contributed by atoms with Crippen LogP contribution in [0.1, 0.15) is 31.7 Å². The molecule has 1 aliphatic heterocycles. The highest BCUT2D eigenvalue weighted by Gasteiger charge is 2.23. The van der Waals surface area contributed by atoms with E-state index < -0.39 is 11.6 Å². The van der Waals surface area contributed by atoms with Crippen LogP contribution in [0, 0.1) is 6.92 Å². The Kier molecular flexibility index (Phi) is 6.15. The Morgan fingerprint density at radius 2 is 1.97 bits per heavy atom. The molecule has 3 heterocycles. The molecule has 1 fully saturated rings. The molecule has 0 saturated carbocycles. The lowest BCUT2D eigenvalue weighted by Crippen LogP contribution is -2.41. The molecule has 3 aromatic rings. The number of nitrogens with one attached hydrogen (secondary N) is 1. The Balaban J connectivity index is 1.75. The van der Waals surface area contributed by atoms with Crippen LogP contribution in [0.5, 0.6) is 0 Å². The highest BCUT2D eigenvalue weighted by atomic mass is 35.5. The van der Waals surface area contributed by atoms with Gasteiger partial charge in [-0.15, -0.1) is 0 Å². The van der Waals surface area contributed by atoms with Crippen molar-refractivity contribution in [3.63, 3.8) is 0 Å². The minimum atomic E-state index is -0.525. The molecule has 8 nitrogen and oxygen atoms in total. The number of aromatic nitrogens is 3. The van der Waals surface area contributed by atoms with Crippen LogP contribution in [-0.2, 0) is 17.9 Å². The number of nitrogens with zero attached hydrogens (tertiary/aromatic N) is 4. The van der Waals surface area contributed by atoms with Gasteiger partial charge in [-0.05, 0) is 43.9 Å². The molecule has 0 bridgehead atoms. The highest BCUT2D eigenvalue weighted by Crippen LogP contribution is 2.28. The smallest absolute Gasteiger partial charge is 0.333 e. The van der Waals surface area contributed by atoms with Crippen LogP contribution in [0.15, 0.2) is 27.8 Å². The first-order valence-electron chi connectivity index (χ1n) is 10.3. The van der Waals surface area contributed by atoms with Crippen LogP contribution in [0.25, 0.3) is 10.3 Å². The van der Waals surface area contributed by atoms with Gasteiger partial charge in [0.05, 0.1) is 10.7 Å². The number of amides is 1. The van der Waals surface area contributed by atoms with Crippen LogP contribution < -0.4 is 21.5 Å². The first-order valence-corrected chi connectivity index (χ1v) is 11.5. The number of fused-ring (bicyclic) bond motifs is 1. The summed E-state index contributed by atoms with van der Waals surface area (Å²) >= 11 is 7.51. The summed E-state index contributed by atoms with van der Waals surface area (Å²) in [5, 5.41) is 3.89. The Morgan fingerprint density at radius 1 is 1.23 bits per heavy atom. The summed E-state index contributed by atoms with van der Waals surface area (Å²) in [7, 11) is 0. The molecule has 0 unspecified atom stereocenters. The maximum Gasteiger partial charge on any atom is 0.333 e. The van der Waals surface area contributed by atoms with Crippen LogP contribution in [0.4, 0.5) is 10.8 Å². The van der Waals surface area contributed by atoms with Gasteiger partial charge >= 0.3 is 5.69 Å². The zero-order valence-corrected chi connectivity index (χ0v) is 19.1. The minimum absolute atomic E-state index is 0.257. The van der Waals surface area contributed by atoms with E-state index in [1.807, 2.05) is 19.9 Å². The Labute approximate surface area is 188 Å². The molecule has 0 spiro atoms. The Hall–Kier alpha value is -2.65. The second-order valence-electron chi connectivity index (χ2n) is 7.70. The van der Waals surface area contributed by atoms with Gasteiger partial charge in [0.2, 0.25) is 5.91 Å². The molecule has 1 aliphatic rings. The van der Waals surface area contributed by atoms with E-state index in [4.69, 9.17) is 11.6 Å². The van der Waals surface area contributed by atoms with Gasteiger partial charge < -0.3 is 10.2 Å². The van der Waals surface area contributed by atoms with Crippen molar-refractivity contribution >= 4 is 50.0 Å². The van der Waals surface area contributed by atoms with E-state index in [9.17, 15) is 14.4 Å². The summed E-state index contributed by atoms with van der Waals surface area (Å²) in [5.41, 5.74) is 0.842. The van der Waals surface area contributed by atoms with E-state index in [1.54, 1.807) is 12.1 Å². The SMILES string of the molecule is CCCn1c(=O)c2sc(N3CCCC3)nc2n(CC(=O)Nc2ccc(C)cc2Cl)c1=O. The van der Waals surface area contributed by atoms with Crippen LogP contribution in [0.2, 0.25) is 5.02 Å². The Bertz CT molecular complexity index is 1260. The standard InChI is InChI=1S/C21H24ClN5O3S/c1-3-8-26-19(29)17-18(24-20(31-17)25-9-4-5-10-25)27(21(26)30)12-16(28)23-15-7-6-13(2)11-14(15)22/h6-7,11H,3-5,8-10,12H2,1-2H3,(H,23,28). The van der Waals surface area contributed by atoms with Crippen molar-refractivity contribution in [3.05, 3.63) is 49.6 Å². The van der Waals surface area contributed by atoms with Crippen molar-refractivity contribution in [2.45, 2.75) is 46.2 Å². The van der Waals surface area contributed by atoms with Gasteiger partial charge in [0.15, 0.2) is 10.8 Å². The molecule has 164 valence electrons. The second-order valence-corrected chi connectivity index (χ2v) is 9.09. The number of carbonyl (C=O) groups is 1. The van der Waals surface area contributed by atoms with E-state index in [1.165, 1.54) is 20.5 Å². The number of carbonyl (C=O) groups excluding carboxylic acids is 1. The van der Waals surface area contributed by atoms with Gasteiger partial charge in [0.25, 0.3) is 5.56 Å². The Morgan fingerprint density at radius 3 is 2.65 bits per heavy atom. The monoisotopic (exact) mass is 461 g/mol. The minimum Gasteiger partial charge on any atom is -0.348 e. The number of halogens is 1. The number of anilines is 2. The molecule has 10 heteroatoms. The van der Waals surface area contributed by atoms with Gasteiger partial charge in [-0.25, -0.2) is 9.78 Å². The molecular weight excluding hydrogens is 438 g/mol. The average molecular weight is 462 g/mol. The molecule has 0 atom stereocenters. The number of rotatable bonds is 6. The van der Waals surface area contributed by atoms with Crippen LogP contribution in [0.3, 0.4) is 0 Å². The fourth-order valence-electron chi connectivity index (χ4n) is 3.73. The third-order valence-corrected chi connectivity index (χ3v) is 6.69. The molecule has 31 heavy (non-hydrogen) atoms. The van der Waals surface area contributed by atoms with Crippen molar-refractivity contribution in [1.29, 1.82) is 0 Å². The number of hydrogen-bond acceptors (Lipinski definition) is 6. The van der Waals surface area contributed by atoms with Gasteiger partial charge in [-0.1, -0.05) is 35.9 Å². The third kappa shape index (κ3) is 4.24. The van der Waals surface area contributed by atoms with E-state index in [2.05, 4.69) is 15.2 Å². The molecule has 1 aromatic carbocycles. The molecule has 0 aliphatic carbocycles. The molecular formula is C21H24ClN5O3S. The van der Waals surface area contributed by atoms with Crippen molar-refractivity contribution in [3.8, 4) is 0 Å². The molecule has 1 N–H and O–H groups in total. The summed E-state index contributed by atoms with van der Waals surface area (Å²) in [6.45, 7) is 5.58. The van der Waals surface area contributed by atoms with Gasteiger partial charge in [0, 0.05) is 19.6 Å². The van der Waals surface area contributed by atoms with Gasteiger partial charge in [-0.3, -0.25) is 18.7 Å². The zero-order valence-electron chi connectivity index (χ0n) is 17.5. The van der Waals surface area contributed by atoms with Crippen molar-refractivity contribution in [2.75, 3.05) is 23.3 Å². The lowest BCUT2D eigenvalue weighted by molar-refractivity contribution is -0.116. The summed E-state index contributed by atoms with van der Waals surface area (Å²) in [6, 6.07) is 5.32. The molecule has 1 amide bonds. The quantitative estimate of drug-likeness (QED) is 0.608. The normalized spacial score (nSPS) is 13.8. The van der Waals surface area contributed by atoms with Crippen LogP contribution >= 0.6 is 22.9 Å². The average Bonchev–Trinajstić information content (AvgIpc) is 3.40. The van der Waals surface area contributed by atoms with Gasteiger partial charge in [-0.2, -0.15) is 0 Å². The lowest BCUT2D eigenvalue weighted by atomic mass is 10.2. The molecule has 2 aromatic heterocycles. The number of benzene rings is 1. The summed E-state index contributed by atoms with van der Waals surface area (Å²) in [4.78, 5) is 45.5. The first-order chi connectivity index (χ1) is 14.9.